The number of esters is 2. The zero-order valence-electron chi connectivity index (χ0n) is 12.9. The van der Waals surface area contributed by atoms with E-state index < -0.39 is 17.7 Å². The molecule has 0 spiro atoms. The van der Waals surface area contributed by atoms with Crippen molar-refractivity contribution in [2.75, 3.05) is 5.32 Å². The zero-order chi connectivity index (χ0) is 17.3. The van der Waals surface area contributed by atoms with Gasteiger partial charge < -0.3 is 14.8 Å². The fraction of sp³-hybridized carbons (Fsp3) is 0.188. The largest absolute Gasteiger partial charge is 0.419 e. The Bertz CT molecular complexity index is 819. The minimum Gasteiger partial charge on any atom is -0.419 e. The lowest BCUT2D eigenvalue weighted by Crippen LogP contribution is -2.42. The Morgan fingerprint density at radius 2 is 1.88 bits per heavy atom. The molecule has 1 aliphatic rings. The number of anilines is 1. The normalized spacial score (nSPS) is 16.4. The summed E-state index contributed by atoms with van der Waals surface area (Å²) < 4.78 is 12.6. The highest BCUT2D eigenvalue weighted by Gasteiger charge is 2.38. The van der Waals surface area contributed by atoms with Crippen molar-refractivity contribution >= 4 is 33.6 Å². The number of carbonyl (C=O) groups excluding carboxylic acids is 2. The molecule has 1 saturated heterocycles. The van der Waals surface area contributed by atoms with Crippen LogP contribution in [-0.4, -0.2) is 27.5 Å². The van der Waals surface area contributed by atoms with Crippen molar-refractivity contribution in [1.29, 1.82) is 0 Å². The van der Waals surface area contributed by atoms with E-state index in [0.717, 1.165) is 10.2 Å². The molecule has 0 bridgehead atoms. The summed E-state index contributed by atoms with van der Waals surface area (Å²) in [7, 11) is 0. The first-order valence-electron chi connectivity index (χ1n) is 7.09. The second-order valence-corrected chi connectivity index (χ2v) is 6.42. The number of nitrogens with zero attached hydrogens (tertiary/aromatic N) is 2. The number of halogens is 1. The number of para-hydroxylation sites is 2. The molecule has 1 fully saturated rings. The second kappa shape index (κ2) is 6.12. The zero-order valence-corrected chi connectivity index (χ0v) is 14.5. The third-order valence-electron chi connectivity index (χ3n) is 3.19. The topological polar surface area (TPSA) is 82.5 Å². The molecule has 124 valence electrons. The number of ether oxygens (including phenoxy) is 2. The molecule has 2 aromatic rings. The first-order valence-corrected chi connectivity index (χ1v) is 7.88. The molecule has 1 aromatic heterocycles. The minimum absolute atomic E-state index is 0.203. The van der Waals surface area contributed by atoms with Gasteiger partial charge in [0, 0.05) is 26.2 Å². The van der Waals surface area contributed by atoms with Gasteiger partial charge in [-0.05, 0) is 28.1 Å². The Morgan fingerprint density at radius 3 is 2.50 bits per heavy atom. The van der Waals surface area contributed by atoms with Crippen molar-refractivity contribution < 1.29 is 19.1 Å². The van der Waals surface area contributed by atoms with E-state index in [2.05, 4.69) is 26.3 Å². The predicted molar refractivity (Wildman–Crippen MR) is 89.2 cm³/mol. The second-order valence-electron chi connectivity index (χ2n) is 5.50. The van der Waals surface area contributed by atoms with Crippen molar-refractivity contribution in [1.82, 2.24) is 9.78 Å². The number of rotatable bonds is 3. The maximum atomic E-state index is 11.9. The first-order chi connectivity index (χ1) is 11.4. The summed E-state index contributed by atoms with van der Waals surface area (Å²) in [5, 5.41) is 7.16. The van der Waals surface area contributed by atoms with Gasteiger partial charge in [-0.3, -0.25) is 0 Å². The smallest absolute Gasteiger partial charge is 0.350 e. The van der Waals surface area contributed by atoms with Crippen LogP contribution in [0.25, 0.3) is 5.69 Å². The average Bonchev–Trinajstić information content (AvgIpc) is 2.92. The van der Waals surface area contributed by atoms with Gasteiger partial charge in [0.25, 0.3) is 5.79 Å². The van der Waals surface area contributed by atoms with Gasteiger partial charge in [0.15, 0.2) is 5.57 Å². The first kappa shape index (κ1) is 16.3. The predicted octanol–water partition coefficient (Wildman–Crippen LogP) is 2.77. The van der Waals surface area contributed by atoms with Crippen LogP contribution in [0.1, 0.15) is 13.8 Å². The van der Waals surface area contributed by atoms with Crippen LogP contribution in [-0.2, 0) is 19.1 Å². The third-order valence-corrected chi connectivity index (χ3v) is 3.60. The maximum absolute atomic E-state index is 11.9. The van der Waals surface area contributed by atoms with Gasteiger partial charge >= 0.3 is 11.9 Å². The van der Waals surface area contributed by atoms with Crippen molar-refractivity contribution in [2.45, 2.75) is 19.6 Å². The Balaban J connectivity index is 1.87. The molecule has 1 N–H and O–H groups in total. The van der Waals surface area contributed by atoms with Gasteiger partial charge in [0.1, 0.15) is 0 Å². The summed E-state index contributed by atoms with van der Waals surface area (Å²) in [6, 6.07) is 7.32. The Hall–Kier alpha value is -2.61. The summed E-state index contributed by atoms with van der Waals surface area (Å²) in [5.41, 5.74) is 1.20. The molecule has 1 aromatic carbocycles. The van der Waals surface area contributed by atoms with Crippen molar-refractivity contribution in [2.24, 2.45) is 0 Å². The number of nitrogens with one attached hydrogen (secondary N) is 1. The summed E-state index contributed by atoms with van der Waals surface area (Å²) in [5.74, 6) is -2.73. The molecule has 2 heterocycles. The SMILES string of the molecule is CC1(C)OC(=O)C(=CNc2ccccc2-n2cc(Br)cn2)C(=O)O1. The van der Waals surface area contributed by atoms with E-state index in [-0.39, 0.29) is 5.57 Å². The van der Waals surface area contributed by atoms with Gasteiger partial charge in [0.2, 0.25) is 0 Å². The molecule has 8 heteroatoms. The van der Waals surface area contributed by atoms with E-state index in [1.165, 1.54) is 20.0 Å². The lowest BCUT2D eigenvalue weighted by molar-refractivity contribution is -0.222. The van der Waals surface area contributed by atoms with Crippen molar-refractivity contribution in [3.05, 3.63) is 52.9 Å². The molecular weight excluding hydrogens is 378 g/mol. The minimum atomic E-state index is -1.26. The quantitative estimate of drug-likeness (QED) is 0.492. The van der Waals surface area contributed by atoms with E-state index in [4.69, 9.17) is 9.47 Å². The van der Waals surface area contributed by atoms with Crippen LogP contribution in [0.15, 0.2) is 52.9 Å². The highest BCUT2D eigenvalue weighted by atomic mass is 79.9. The number of benzene rings is 1. The van der Waals surface area contributed by atoms with Crippen LogP contribution in [0, 0.1) is 0 Å². The molecular formula is C16H14BrN3O4. The molecule has 3 rings (SSSR count). The number of aromatic nitrogens is 2. The van der Waals surface area contributed by atoms with E-state index in [9.17, 15) is 9.59 Å². The molecule has 7 nitrogen and oxygen atoms in total. The molecule has 0 unspecified atom stereocenters. The van der Waals surface area contributed by atoms with Crippen LogP contribution < -0.4 is 5.32 Å². The highest BCUT2D eigenvalue weighted by molar-refractivity contribution is 9.10. The van der Waals surface area contributed by atoms with E-state index in [1.807, 2.05) is 18.2 Å². The maximum Gasteiger partial charge on any atom is 0.350 e. The number of carbonyl (C=O) groups is 2. The Labute approximate surface area is 146 Å². The molecule has 24 heavy (non-hydrogen) atoms. The molecule has 0 atom stereocenters. The standard InChI is InChI=1S/C16H14BrN3O4/c1-16(2)23-14(21)11(15(22)24-16)8-18-12-5-3-4-6-13(12)20-9-10(17)7-19-20/h3-9,18H,1-2H3. The number of hydrogen-bond acceptors (Lipinski definition) is 6. The monoisotopic (exact) mass is 391 g/mol. The van der Waals surface area contributed by atoms with Crippen LogP contribution >= 0.6 is 15.9 Å². The lowest BCUT2D eigenvalue weighted by atomic mass is 10.2. The van der Waals surface area contributed by atoms with E-state index >= 15 is 0 Å². The molecule has 1 aliphatic heterocycles. The molecule has 0 radical (unpaired) electrons. The van der Waals surface area contributed by atoms with E-state index in [1.54, 1.807) is 23.1 Å². The Kier molecular flexibility index (Phi) is 4.15. The van der Waals surface area contributed by atoms with Crippen LogP contribution in [0.3, 0.4) is 0 Å². The highest BCUT2D eigenvalue weighted by Crippen LogP contribution is 2.24. The van der Waals surface area contributed by atoms with Crippen molar-refractivity contribution in [3.8, 4) is 5.69 Å². The van der Waals surface area contributed by atoms with Gasteiger partial charge in [0.05, 0.1) is 22.0 Å². The van der Waals surface area contributed by atoms with Gasteiger partial charge in [-0.2, -0.15) is 5.10 Å². The Morgan fingerprint density at radius 1 is 1.21 bits per heavy atom. The molecule has 0 amide bonds. The van der Waals surface area contributed by atoms with Gasteiger partial charge in [-0.15, -0.1) is 0 Å². The van der Waals surface area contributed by atoms with E-state index in [0.29, 0.717) is 5.69 Å². The van der Waals surface area contributed by atoms with Gasteiger partial charge in [-0.25, -0.2) is 14.3 Å². The molecule has 0 aliphatic carbocycles. The van der Waals surface area contributed by atoms with Crippen LogP contribution in [0.5, 0.6) is 0 Å². The summed E-state index contributed by atoms with van der Waals surface area (Å²) in [6.45, 7) is 3.00. The lowest BCUT2D eigenvalue weighted by Gasteiger charge is -2.29. The fourth-order valence-corrected chi connectivity index (χ4v) is 2.44. The molecule has 0 saturated carbocycles. The van der Waals surface area contributed by atoms with Gasteiger partial charge in [-0.1, -0.05) is 12.1 Å². The summed E-state index contributed by atoms with van der Waals surface area (Å²) in [6.07, 6.45) is 4.73. The average molecular weight is 392 g/mol. The van der Waals surface area contributed by atoms with Crippen LogP contribution in [0.4, 0.5) is 5.69 Å². The summed E-state index contributed by atoms with van der Waals surface area (Å²) >= 11 is 3.34. The fourth-order valence-electron chi connectivity index (χ4n) is 2.16. The van der Waals surface area contributed by atoms with Crippen molar-refractivity contribution in [3.63, 3.8) is 0 Å². The number of cyclic esters (lactones) is 2. The summed E-state index contributed by atoms with van der Waals surface area (Å²) in [4.78, 5) is 23.9. The third kappa shape index (κ3) is 3.33. The van der Waals surface area contributed by atoms with Crippen LogP contribution in [0.2, 0.25) is 0 Å². The number of hydrogen-bond donors (Lipinski definition) is 1.